The first kappa shape index (κ1) is 21.4. The highest BCUT2D eigenvalue weighted by Crippen LogP contribution is 2.47. The van der Waals surface area contributed by atoms with Crippen LogP contribution in [0.1, 0.15) is 11.1 Å². The fourth-order valence-electron chi connectivity index (χ4n) is 3.74. The zero-order valence-electron chi connectivity index (χ0n) is 17.4. The van der Waals surface area contributed by atoms with E-state index in [1.54, 1.807) is 43.6 Å². The third-order valence-electron chi connectivity index (χ3n) is 5.39. The second kappa shape index (κ2) is 8.81. The standard InChI is InChI=1S/C21H19FN6O4S/c1-23-33-27-19-18(22)13(6-8-24-19)10-28-20(29)32-16-9-14(31-17-3-2-7-25-26-17)4-5-15(16)21(28)11-30-12-21/h2-9,23H,10-12H2,1H3,(H,24,27). The van der Waals surface area contributed by atoms with Crippen molar-refractivity contribution in [2.75, 3.05) is 25.0 Å². The summed E-state index contributed by atoms with van der Waals surface area (Å²) in [6.45, 7) is 0.534. The third-order valence-corrected chi connectivity index (χ3v) is 5.89. The summed E-state index contributed by atoms with van der Waals surface area (Å²) >= 11 is 1.09. The second-order valence-corrected chi connectivity index (χ2v) is 8.16. The molecule has 1 amide bonds. The van der Waals surface area contributed by atoms with Gasteiger partial charge in [0.25, 0.3) is 0 Å². The van der Waals surface area contributed by atoms with Crippen LogP contribution in [0.25, 0.3) is 0 Å². The fraction of sp³-hybridized carbons (Fsp3) is 0.238. The molecule has 3 aromatic rings. The van der Waals surface area contributed by atoms with Gasteiger partial charge in [-0.3, -0.25) is 9.62 Å². The quantitative estimate of drug-likeness (QED) is 0.499. The van der Waals surface area contributed by atoms with E-state index in [9.17, 15) is 4.79 Å². The molecule has 2 aliphatic rings. The van der Waals surface area contributed by atoms with Crippen LogP contribution in [-0.4, -0.2) is 46.4 Å². The van der Waals surface area contributed by atoms with E-state index in [0.29, 0.717) is 22.9 Å². The summed E-state index contributed by atoms with van der Waals surface area (Å²) < 4.78 is 37.4. The molecule has 33 heavy (non-hydrogen) atoms. The van der Waals surface area contributed by atoms with Crippen LogP contribution < -0.4 is 18.9 Å². The maximum absolute atomic E-state index is 15.0. The highest BCUT2D eigenvalue weighted by atomic mass is 32.2. The Bertz CT molecular complexity index is 1180. The van der Waals surface area contributed by atoms with Crippen molar-refractivity contribution in [2.45, 2.75) is 12.1 Å². The van der Waals surface area contributed by atoms with Crippen molar-refractivity contribution in [3.05, 3.63) is 65.7 Å². The molecule has 1 saturated heterocycles. The third kappa shape index (κ3) is 3.92. The lowest BCUT2D eigenvalue weighted by atomic mass is 9.84. The van der Waals surface area contributed by atoms with Gasteiger partial charge >= 0.3 is 6.09 Å². The minimum atomic E-state index is -0.765. The van der Waals surface area contributed by atoms with Crippen molar-refractivity contribution >= 4 is 24.0 Å². The lowest BCUT2D eigenvalue weighted by molar-refractivity contribution is -0.143. The number of nitrogens with one attached hydrogen (secondary N) is 2. The Balaban J connectivity index is 1.44. The number of halogens is 1. The van der Waals surface area contributed by atoms with Gasteiger partial charge < -0.3 is 14.2 Å². The van der Waals surface area contributed by atoms with Crippen molar-refractivity contribution in [1.29, 1.82) is 0 Å². The molecule has 0 atom stereocenters. The number of benzene rings is 1. The molecule has 1 fully saturated rings. The summed E-state index contributed by atoms with van der Waals surface area (Å²) in [6.07, 6.45) is 2.43. The first-order valence-corrected chi connectivity index (χ1v) is 10.8. The Morgan fingerprint density at radius 2 is 2.15 bits per heavy atom. The van der Waals surface area contributed by atoms with Crippen molar-refractivity contribution in [2.24, 2.45) is 0 Å². The molecule has 2 N–H and O–H groups in total. The lowest BCUT2D eigenvalue weighted by Crippen LogP contribution is -2.63. The molecular weight excluding hydrogens is 451 g/mol. The zero-order valence-corrected chi connectivity index (χ0v) is 18.3. The van der Waals surface area contributed by atoms with Crippen molar-refractivity contribution in [1.82, 2.24) is 24.8 Å². The number of rotatable bonds is 7. The minimum absolute atomic E-state index is 0.00720. The van der Waals surface area contributed by atoms with Gasteiger partial charge in [-0.25, -0.2) is 18.9 Å². The van der Waals surface area contributed by atoms with E-state index >= 15 is 4.39 Å². The predicted molar refractivity (Wildman–Crippen MR) is 117 cm³/mol. The molecule has 0 aliphatic carbocycles. The van der Waals surface area contributed by atoms with Gasteiger partial charge in [-0.1, -0.05) is 0 Å². The van der Waals surface area contributed by atoms with Crippen molar-refractivity contribution < 1.29 is 23.4 Å². The van der Waals surface area contributed by atoms with Crippen LogP contribution >= 0.6 is 12.1 Å². The predicted octanol–water partition coefficient (Wildman–Crippen LogP) is 3.24. The van der Waals surface area contributed by atoms with Crippen LogP contribution in [0.3, 0.4) is 0 Å². The fourth-order valence-corrected chi connectivity index (χ4v) is 4.08. The normalized spacial score (nSPS) is 16.1. The van der Waals surface area contributed by atoms with Crippen LogP contribution in [0.15, 0.2) is 48.8 Å². The zero-order chi connectivity index (χ0) is 22.8. The number of hydrogen-bond acceptors (Lipinski definition) is 10. The van der Waals surface area contributed by atoms with E-state index in [0.717, 1.165) is 17.7 Å². The van der Waals surface area contributed by atoms with E-state index in [-0.39, 0.29) is 25.6 Å². The maximum atomic E-state index is 15.0. The van der Waals surface area contributed by atoms with Crippen LogP contribution in [0, 0.1) is 5.82 Å². The van der Waals surface area contributed by atoms with Crippen LogP contribution in [0.2, 0.25) is 0 Å². The number of carbonyl (C=O) groups is 1. The number of fused-ring (bicyclic) bond motifs is 2. The Kier molecular flexibility index (Phi) is 5.70. The summed E-state index contributed by atoms with van der Waals surface area (Å²) in [7, 11) is 1.70. The number of carbonyl (C=O) groups excluding carboxylic acids is 1. The summed E-state index contributed by atoms with van der Waals surface area (Å²) in [6, 6.07) is 10.1. The number of ether oxygens (including phenoxy) is 3. The molecule has 1 spiro atoms. The maximum Gasteiger partial charge on any atom is 0.416 e. The lowest BCUT2D eigenvalue weighted by Gasteiger charge is -2.51. The summed E-state index contributed by atoms with van der Waals surface area (Å²) in [5.41, 5.74) is 0.301. The molecular formula is C21H19FN6O4S. The number of aromatic nitrogens is 3. The van der Waals surface area contributed by atoms with Gasteiger partial charge in [-0.05, 0) is 31.3 Å². The van der Waals surface area contributed by atoms with Gasteiger partial charge in [0.05, 0.1) is 19.8 Å². The molecule has 2 aliphatic heterocycles. The van der Waals surface area contributed by atoms with Gasteiger partial charge in [0.1, 0.15) is 17.0 Å². The average Bonchev–Trinajstić information content (AvgIpc) is 2.79. The summed E-state index contributed by atoms with van der Waals surface area (Å²) in [5, 5.41) is 7.67. The second-order valence-electron chi connectivity index (χ2n) is 7.34. The molecule has 5 rings (SSSR count). The molecule has 0 bridgehead atoms. The first-order valence-electron chi connectivity index (χ1n) is 10.00. The highest BCUT2D eigenvalue weighted by molar-refractivity contribution is 7.98. The van der Waals surface area contributed by atoms with Gasteiger partial charge in [0.2, 0.25) is 5.88 Å². The number of hydrogen-bond donors (Lipinski definition) is 2. The summed E-state index contributed by atoms with van der Waals surface area (Å²) in [4.78, 5) is 18.5. The first-order chi connectivity index (χ1) is 16.1. The van der Waals surface area contributed by atoms with Crippen LogP contribution in [0.4, 0.5) is 15.0 Å². The van der Waals surface area contributed by atoms with E-state index in [1.165, 1.54) is 11.1 Å². The van der Waals surface area contributed by atoms with Gasteiger partial charge in [0, 0.05) is 47.8 Å². The number of pyridine rings is 1. The molecule has 10 nitrogen and oxygen atoms in total. The Morgan fingerprint density at radius 3 is 2.88 bits per heavy atom. The number of nitrogens with zero attached hydrogens (tertiary/aromatic N) is 4. The van der Waals surface area contributed by atoms with Gasteiger partial charge in [-0.15, -0.1) is 5.10 Å². The van der Waals surface area contributed by atoms with E-state index in [2.05, 4.69) is 24.6 Å². The minimum Gasteiger partial charge on any atom is -0.437 e. The number of amides is 1. The van der Waals surface area contributed by atoms with Crippen molar-refractivity contribution in [3.63, 3.8) is 0 Å². The number of anilines is 1. The SMILES string of the molecule is CNSNc1nccc(CN2C(=O)Oc3cc(Oc4cccnn4)ccc3C23COC3)c1F. The van der Waals surface area contributed by atoms with E-state index < -0.39 is 17.4 Å². The molecule has 0 unspecified atom stereocenters. The Labute approximate surface area is 192 Å². The molecule has 2 aromatic heterocycles. The molecule has 4 heterocycles. The van der Waals surface area contributed by atoms with Gasteiger partial charge in [0.15, 0.2) is 11.6 Å². The van der Waals surface area contributed by atoms with E-state index in [4.69, 9.17) is 14.2 Å². The van der Waals surface area contributed by atoms with Crippen LogP contribution in [0.5, 0.6) is 17.4 Å². The smallest absolute Gasteiger partial charge is 0.416 e. The molecule has 1 aromatic carbocycles. The molecule has 170 valence electrons. The van der Waals surface area contributed by atoms with Crippen molar-refractivity contribution in [3.8, 4) is 17.4 Å². The molecule has 12 heteroatoms. The average molecular weight is 470 g/mol. The topological polar surface area (TPSA) is 111 Å². The molecule has 0 radical (unpaired) electrons. The summed E-state index contributed by atoms with van der Waals surface area (Å²) in [5.74, 6) is 0.661. The Hall–Kier alpha value is -3.48. The highest BCUT2D eigenvalue weighted by Gasteiger charge is 2.53. The monoisotopic (exact) mass is 470 g/mol. The van der Waals surface area contributed by atoms with E-state index in [1.807, 2.05) is 6.07 Å². The largest absolute Gasteiger partial charge is 0.437 e. The molecule has 0 saturated carbocycles. The van der Waals surface area contributed by atoms with Crippen LogP contribution in [-0.2, 0) is 16.8 Å². The van der Waals surface area contributed by atoms with Gasteiger partial charge in [-0.2, -0.15) is 5.10 Å². The Morgan fingerprint density at radius 1 is 1.27 bits per heavy atom.